The maximum Gasteiger partial charge on any atom is 0.261 e. The van der Waals surface area contributed by atoms with Crippen molar-refractivity contribution in [3.8, 4) is 5.75 Å². The third kappa shape index (κ3) is 5.33. The van der Waals surface area contributed by atoms with Crippen molar-refractivity contribution in [1.29, 1.82) is 0 Å². The highest BCUT2D eigenvalue weighted by Gasteiger charge is 2.17. The van der Waals surface area contributed by atoms with Gasteiger partial charge in [-0.3, -0.25) is 4.79 Å². The number of ether oxygens (including phenoxy) is 1. The topological polar surface area (TPSA) is 75.7 Å². The molecule has 0 bridgehead atoms. The Morgan fingerprint density at radius 1 is 1.25 bits per heavy atom. The molecule has 0 saturated heterocycles. The van der Waals surface area contributed by atoms with E-state index < -0.39 is 10.0 Å². The summed E-state index contributed by atoms with van der Waals surface area (Å²) in [5.41, 5.74) is 0.853. The van der Waals surface area contributed by atoms with Gasteiger partial charge in [-0.2, -0.15) is 4.31 Å². The van der Waals surface area contributed by atoms with E-state index in [1.54, 1.807) is 31.4 Å². The van der Waals surface area contributed by atoms with Gasteiger partial charge in [0.05, 0.1) is 18.2 Å². The van der Waals surface area contributed by atoms with Crippen LogP contribution < -0.4 is 10.1 Å². The number of carbonyl (C=O) groups is 1. The Labute approximate surface area is 146 Å². The Bertz CT molecular complexity index is 756. The van der Waals surface area contributed by atoms with Gasteiger partial charge in [0, 0.05) is 19.6 Å². The molecule has 1 aromatic heterocycles. The zero-order chi connectivity index (χ0) is 17.6. The van der Waals surface area contributed by atoms with E-state index in [1.165, 1.54) is 15.6 Å². The molecule has 6 nitrogen and oxygen atoms in total. The van der Waals surface area contributed by atoms with Crippen molar-refractivity contribution >= 4 is 27.3 Å². The molecule has 1 amide bonds. The van der Waals surface area contributed by atoms with Gasteiger partial charge in [-0.25, -0.2) is 8.42 Å². The molecule has 0 fully saturated rings. The van der Waals surface area contributed by atoms with Gasteiger partial charge in [-0.05, 0) is 29.1 Å². The van der Waals surface area contributed by atoms with E-state index >= 15 is 0 Å². The normalized spacial score (nSPS) is 11.5. The number of benzene rings is 1. The number of rotatable bonds is 8. The number of sulfonamides is 1. The van der Waals surface area contributed by atoms with Crippen LogP contribution in [-0.4, -0.2) is 45.1 Å². The molecule has 0 radical (unpaired) electrons. The first kappa shape index (κ1) is 18.4. The van der Waals surface area contributed by atoms with Crippen molar-refractivity contribution in [2.75, 3.05) is 26.5 Å². The molecule has 0 atom stereocenters. The Balaban J connectivity index is 1.94. The standard InChI is InChI=1S/C16H20N2O4S2/c1-22-14-7-5-13(6-8-14)12-18(24(2,20)21)10-9-17-16(19)15-4-3-11-23-15/h3-8,11H,9-10,12H2,1-2H3,(H,17,19). The minimum absolute atomic E-state index is 0.192. The molecule has 1 heterocycles. The van der Waals surface area contributed by atoms with Gasteiger partial charge in [0.1, 0.15) is 5.75 Å². The van der Waals surface area contributed by atoms with Gasteiger partial charge in [-0.1, -0.05) is 18.2 Å². The molecule has 0 spiro atoms. The van der Waals surface area contributed by atoms with E-state index in [-0.39, 0.29) is 25.5 Å². The molecule has 1 aromatic carbocycles. The Hall–Kier alpha value is -1.90. The molecule has 2 rings (SSSR count). The van der Waals surface area contributed by atoms with E-state index in [4.69, 9.17) is 4.74 Å². The van der Waals surface area contributed by atoms with E-state index in [0.29, 0.717) is 10.6 Å². The van der Waals surface area contributed by atoms with Gasteiger partial charge in [0.2, 0.25) is 10.0 Å². The summed E-state index contributed by atoms with van der Waals surface area (Å²) in [5.74, 6) is 0.524. The summed E-state index contributed by atoms with van der Waals surface area (Å²) in [7, 11) is -1.80. The third-order valence-corrected chi connectivity index (χ3v) is 5.50. The molecular weight excluding hydrogens is 348 g/mol. The minimum atomic E-state index is -3.38. The molecule has 130 valence electrons. The molecule has 8 heteroatoms. The molecule has 0 aliphatic carbocycles. The molecule has 1 N–H and O–H groups in total. The summed E-state index contributed by atoms with van der Waals surface area (Å²) in [4.78, 5) is 12.5. The number of nitrogens with one attached hydrogen (secondary N) is 1. The predicted octanol–water partition coefficient (Wildman–Crippen LogP) is 1.95. The maximum absolute atomic E-state index is 12.0. The molecule has 0 unspecified atom stereocenters. The Morgan fingerprint density at radius 2 is 1.96 bits per heavy atom. The van der Waals surface area contributed by atoms with Crippen molar-refractivity contribution in [2.45, 2.75) is 6.54 Å². The Kier molecular flexibility index (Phi) is 6.36. The quantitative estimate of drug-likeness (QED) is 0.773. The number of amides is 1. The van der Waals surface area contributed by atoms with Crippen LogP contribution in [0.3, 0.4) is 0 Å². The fourth-order valence-corrected chi connectivity index (χ4v) is 3.53. The van der Waals surface area contributed by atoms with E-state index in [1.807, 2.05) is 17.5 Å². The fourth-order valence-electron chi connectivity index (χ4n) is 2.09. The molecule has 0 saturated carbocycles. The van der Waals surface area contributed by atoms with E-state index in [2.05, 4.69) is 5.32 Å². The van der Waals surface area contributed by atoms with Gasteiger partial charge in [-0.15, -0.1) is 11.3 Å². The first-order valence-corrected chi connectivity index (χ1v) is 10.0. The van der Waals surface area contributed by atoms with Crippen LogP contribution in [0.4, 0.5) is 0 Å². The zero-order valence-corrected chi connectivity index (χ0v) is 15.2. The first-order chi connectivity index (χ1) is 11.4. The van der Waals surface area contributed by atoms with E-state index in [0.717, 1.165) is 11.8 Å². The number of nitrogens with zero attached hydrogens (tertiary/aromatic N) is 1. The maximum atomic E-state index is 12.0. The van der Waals surface area contributed by atoms with Crippen molar-refractivity contribution in [1.82, 2.24) is 9.62 Å². The van der Waals surface area contributed by atoms with Crippen LogP contribution in [0, 0.1) is 0 Å². The molecule has 24 heavy (non-hydrogen) atoms. The zero-order valence-electron chi connectivity index (χ0n) is 13.6. The lowest BCUT2D eigenvalue weighted by Gasteiger charge is -2.20. The number of thiophene rings is 1. The van der Waals surface area contributed by atoms with Gasteiger partial charge < -0.3 is 10.1 Å². The predicted molar refractivity (Wildman–Crippen MR) is 94.9 cm³/mol. The van der Waals surface area contributed by atoms with Crippen molar-refractivity contribution < 1.29 is 17.9 Å². The summed E-state index contributed by atoms with van der Waals surface area (Å²) >= 11 is 1.35. The highest BCUT2D eigenvalue weighted by atomic mass is 32.2. The largest absolute Gasteiger partial charge is 0.497 e. The van der Waals surface area contributed by atoms with Crippen LogP contribution in [0.15, 0.2) is 41.8 Å². The second kappa shape index (κ2) is 8.27. The molecule has 0 aliphatic rings. The second-order valence-electron chi connectivity index (χ2n) is 5.18. The average molecular weight is 368 g/mol. The lowest BCUT2D eigenvalue weighted by Crippen LogP contribution is -2.37. The van der Waals surface area contributed by atoms with Gasteiger partial charge >= 0.3 is 0 Å². The summed E-state index contributed by atoms with van der Waals surface area (Å²) in [6.07, 6.45) is 1.16. The molecule has 0 aliphatic heterocycles. The lowest BCUT2D eigenvalue weighted by atomic mass is 10.2. The molecular formula is C16H20N2O4S2. The van der Waals surface area contributed by atoms with Crippen LogP contribution in [0.5, 0.6) is 5.75 Å². The van der Waals surface area contributed by atoms with Crippen molar-refractivity contribution in [3.05, 3.63) is 52.2 Å². The van der Waals surface area contributed by atoms with E-state index in [9.17, 15) is 13.2 Å². The molecule has 2 aromatic rings. The summed E-state index contributed by atoms with van der Waals surface area (Å²) in [6, 6.07) is 10.7. The minimum Gasteiger partial charge on any atom is -0.497 e. The SMILES string of the molecule is COc1ccc(CN(CCNC(=O)c2cccs2)S(C)(=O)=O)cc1. The van der Waals surface area contributed by atoms with Crippen LogP contribution >= 0.6 is 11.3 Å². The highest BCUT2D eigenvalue weighted by molar-refractivity contribution is 7.88. The van der Waals surface area contributed by atoms with Crippen LogP contribution in [-0.2, 0) is 16.6 Å². The monoisotopic (exact) mass is 368 g/mol. The van der Waals surface area contributed by atoms with Crippen molar-refractivity contribution in [3.63, 3.8) is 0 Å². The summed E-state index contributed by atoms with van der Waals surface area (Å²) in [6.45, 7) is 0.708. The van der Waals surface area contributed by atoms with Crippen LogP contribution in [0.1, 0.15) is 15.2 Å². The van der Waals surface area contributed by atoms with Crippen molar-refractivity contribution in [2.24, 2.45) is 0 Å². The number of hydrogen-bond acceptors (Lipinski definition) is 5. The lowest BCUT2D eigenvalue weighted by molar-refractivity contribution is 0.0955. The fraction of sp³-hybridized carbons (Fsp3) is 0.312. The second-order valence-corrected chi connectivity index (χ2v) is 8.11. The Morgan fingerprint density at radius 3 is 2.50 bits per heavy atom. The highest BCUT2D eigenvalue weighted by Crippen LogP contribution is 2.14. The number of methoxy groups -OCH3 is 1. The number of hydrogen-bond donors (Lipinski definition) is 1. The first-order valence-electron chi connectivity index (χ1n) is 7.30. The summed E-state index contributed by atoms with van der Waals surface area (Å²) < 4.78 is 30.3. The van der Waals surface area contributed by atoms with Crippen LogP contribution in [0.25, 0.3) is 0 Å². The van der Waals surface area contributed by atoms with Crippen LogP contribution in [0.2, 0.25) is 0 Å². The van der Waals surface area contributed by atoms with Gasteiger partial charge in [0.15, 0.2) is 0 Å². The smallest absolute Gasteiger partial charge is 0.261 e. The number of carbonyl (C=O) groups excluding carboxylic acids is 1. The average Bonchev–Trinajstić information content (AvgIpc) is 3.08. The van der Waals surface area contributed by atoms with Gasteiger partial charge in [0.25, 0.3) is 5.91 Å². The summed E-state index contributed by atoms with van der Waals surface area (Å²) in [5, 5.41) is 4.56. The third-order valence-electron chi connectivity index (χ3n) is 3.38.